The molecule has 0 unspecified atom stereocenters. The van der Waals surface area contributed by atoms with Crippen LogP contribution in [-0.2, 0) is 5.41 Å². The van der Waals surface area contributed by atoms with Gasteiger partial charge in [0.1, 0.15) is 5.69 Å². The lowest BCUT2D eigenvalue weighted by atomic mass is 9.67. The van der Waals surface area contributed by atoms with Crippen LogP contribution in [0, 0.1) is 0 Å². The molecule has 0 amide bonds. The Morgan fingerprint density at radius 3 is 3.16 bits per heavy atom. The maximum Gasteiger partial charge on any atom is 0.165 e. The Morgan fingerprint density at radius 2 is 2.28 bits per heavy atom. The van der Waals surface area contributed by atoms with Crippen LogP contribution >= 0.6 is 27.7 Å². The van der Waals surface area contributed by atoms with E-state index in [1.165, 1.54) is 5.57 Å². The molecule has 1 saturated heterocycles. The van der Waals surface area contributed by atoms with Gasteiger partial charge in [-0.25, -0.2) is 0 Å². The third-order valence-electron chi connectivity index (χ3n) is 6.09. The second-order valence-corrected chi connectivity index (χ2v) is 9.69. The number of nitrogens with zero attached hydrogens (tertiary/aromatic N) is 2. The van der Waals surface area contributed by atoms with Gasteiger partial charge < -0.3 is 15.5 Å². The summed E-state index contributed by atoms with van der Waals surface area (Å²) in [5.41, 5.74) is 3.53. The molecule has 1 aromatic carbocycles. The number of rotatable bonds is 0. The normalized spacial score (nSPS) is 36.2. The van der Waals surface area contributed by atoms with Gasteiger partial charge in [-0.1, -0.05) is 22.0 Å². The Morgan fingerprint density at radius 1 is 1.40 bits per heavy atom. The molecule has 128 valence electrons. The van der Waals surface area contributed by atoms with Crippen molar-refractivity contribution in [3.05, 3.63) is 26.7 Å². The van der Waals surface area contributed by atoms with Crippen molar-refractivity contribution in [2.45, 2.75) is 41.4 Å². The van der Waals surface area contributed by atoms with Gasteiger partial charge in [-0.2, -0.15) is 0 Å². The number of anilines is 1. The van der Waals surface area contributed by atoms with Crippen LogP contribution in [0.15, 0.2) is 20.5 Å². The van der Waals surface area contributed by atoms with Crippen molar-refractivity contribution in [2.75, 3.05) is 11.9 Å². The zero-order chi connectivity index (χ0) is 16.9. The number of aromatic hydroxyl groups is 1. The number of halogens is 1. The number of benzene rings is 1. The van der Waals surface area contributed by atoms with Crippen LogP contribution < -0.4 is 15.9 Å². The van der Waals surface area contributed by atoms with Crippen molar-refractivity contribution >= 4 is 50.9 Å². The molecule has 6 rings (SSSR count). The van der Waals surface area contributed by atoms with E-state index < -0.39 is 6.10 Å². The Labute approximate surface area is 156 Å². The van der Waals surface area contributed by atoms with Gasteiger partial charge in [-0.05, 0) is 24.8 Å². The molecule has 4 aliphatic heterocycles. The molecule has 1 spiro atoms. The third-order valence-corrected chi connectivity index (χ3v) is 8.40. The van der Waals surface area contributed by atoms with E-state index in [9.17, 15) is 10.2 Å². The third kappa shape index (κ3) is 1.70. The van der Waals surface area contributed by atoms with Crippen molar-refractivity contribution in [2.24, 2.45) is 9.98 Å². The Kier molecular flexibility index (Phi) is 2.78. The van der Waals surface area contributed by atoms with Crippen LogP contribution in [0.25, 0.3) is 5.57 Å². The number of thioether (sulfide) groups is 1. The first-order valence-electron chi connectivity index (χ1n) is 8.58. The number of nitrogens with one attached hydrogen (secondary N) is 1. The molecular weight excluding hydrogens is 402 g/mol. The fourth-order valence-corrected chi connectivity index (χ4v) is 7.41. The van der Waals surface area contributed by atoms with Crippen molar-refractivity contribution in [3.8, 4) is 5.75 Å². The Bertz CT molecular complexity index is 1030. The molecule has 5 aliphatic rings. The quantitative estimate of drug-likeness (QED) is 0.562. The lowest BCUT2D eigenvalue weighted by Crippen LogP contribution is -2.48. The highest BCUT2D eigenvalue weighted by atomic mass is 79.9. The lowest BCUT2D eigenvalue weighted by molar-refractivity contribution is 0.189. The number of allylic oxidation sites excluding steroid dienone is 1. The zero-order valence-corrected chi connectivity index (χ0v) is 15.7. The van der Waals surface area contributed by atoms with Gasteiger partial charge in [0.05, 0.1) is 22.5 Å². The van der Waals surface area contributed by atoms with E-state index >= 15 is 0 Å². The predicted molar refractivity (Wildman–Crippen MR) is 103 cm³/mol. The number of aliphatic hydroxyl groups excluding tert-OH is 1. The average Bonchev–Trinajstić information content (AvgIpc) is 3.13. The molecule has 25 heavy (non-hydrogen) atoms. The van der Waals surface area contributed by atoms with E-state index in [1.54, 1.807) is 0 Å². The number of hydrogen-bond acceptors (Lipinski definition) is 6. The van der Waals surface area contributed by atoms with Crippen molar-refractivity contribution in [1.82, 2.24) is 0 Å². The van der Waals surface area contributed by atoms with E-state index in [-0.39, 0.29) is 21.8 Å². The Balaban J connectivity index is 1.77. The fourth-order valence-electron chi connectivity index (χ4n) is 5.04. The van der Waals surface area contributed by atoms with Gasteiger partial charge in [0.25, 0.3) is 0 Å². The van der Waals surface area contributed by atoms with Gasteiger partial charge in [0.2, 0.25) is 0 Å². The second-order valence-electron chi connectivity index (χ2n) is 7.37. The standard InChI is InChI=1S/C18H16BrN3O2S/c19-8-4-18-5-11(25-10(18)3-9(8)23)22-16-13(18)14-12-7(1-2-20-14)6-21-15(12)17(16)24/h4,6,9-11,22-24H,1-3,5H2/t9-,10+,11-,18-/m0/s1. The average molecular weight is 418 g/mol. The summed E-state index contributed by atoms with van der Waals surface area (Å²) in [5, 5.41) is 27.3. The highest BCUT2D eigenvalue weighted by Crippen LogP contribution is 2.60. The summed E-state index contributed by atoms with van der Waals surface area (Å²) < 4.78 is 0.848. The molecule has 2 bridgehead atoms. The molecule has 0 radical (unpaired) electrons. The molecule has 7 heteroatoms. The molecular formula is C18H16BrN3O2S. The molecule has 0 aromatic heterocycles. The summed E-state index contributed by atoms with van der Waals surface area (Å²) in [5.74, 6) is 0.248. The number of hydrogen-bond donors (Lipinski definition) is 3. The molecule has 5 nitrogen and oxygen atoms in total. The van der Waals surface area contributed by atoms with E-state index in [0.29, 0.717) is 12.1 Å². The maximum absolute atomic E-state index is 11.0. The van der Waals surface area contributed by atoms with E-state index in [2.05, 4.69) is 32.3 Å². The predicted octanol–water partition coefficient (Wildman–Crippen LogP) is 1.82. The van der Waals surface area contributed by atoms with Gasteiger partial charge >= 0.3 is 0 Å². The monoisotopic (exact) mass is 417 g/mol. The maximum atomic E-state index is 11.0. The van der Waals surface area contributed by atoms with E-state index in [4.69, 9.17) is 4.99 Å². The zero-order valence-electron chi connectivity index (χ0n) is 13.3. The number of aliphatic imine (C=N–C) groups is 1. The largest absolute Gasteiger partial charge is 0.504 e. The molecule has 4 atom stereocenters. The van der Waals surface area contributed by atoms with Gasteiger partial charge in [0, 0.05) is 38.7 Å². The molecule has 3 N–H and O–H groups in total. The summed E-state index contributed by atoms with van der Waals surface area (Å²) in [6.45, 7) is 0.760. The molecule has 1 fully saturated rings. The first-order valence-corrected chi connectivity index (χ1v) is 10.3. The van der Waals surface area contributed by atoms with Crippen molar-refractivity contribution in [1.29, 1.82) is 0 Å². The van der Waals surface area contributed by atoms with Gasteiger partial charge in [-0.3, -0.25) is 9.98 Å². The van der Waals surface area contributed by atoms with Gasteiger partial charge in [-0.15, -0.1) is 11.8 Å². The number of aliphatic hydroxyl groups is 1. The molecule has 1 aromatic rings. The number of phenols is 1. The SMILES string of the molecule is Oc1c2c(c3c4c1N=CC=4CCN=3)[C@]13C=C(Br)[C@@H](O)C[C@H]1S[C@@H](C3)N2. The highest BCUT2D eigenvalue weighted by molar-refractivity contribution is 9.11. The topological polar surface area (TPSA) is 77.2 Å². The van der Waals surface area contributed by atoms with Crippen molar-refractivity contribution in [3.63, 3.8) is 0 Å². The van der Waals surface area contributed by atoms with Crippen LogP contribution in [0.3, 0.4) is 0 Å². The Hall–Kier alpha value is -1.31. The second kappa shape index (κ2) is 4.69. The fraction of sp³-hybridized carbons (Fsp3) is 0.444. The van der Waals surface area contributed by atoms with Crippen LogP contribution in [0.1, 0.15) is 24.8 Å². The van der Waals surface area contributed by atoms with E-state index in [1.807, 2.05) is 18.0 Å². The number of fused-ring (bicyclic) bond motifs is 3. The molecule has 4 heterocycles. The van der Waals surface area contributed by atoms with Crippen LogP contribution in [-0.4, -0.2) is 39.7 Å². The van der Waals surface area contributed by atoms with Crippen LogP contribution in [0.2, 0.25) is 0 Å². The number of phenolic OH excluding ortho intramolecular Hbond substituents is 1. The van der Waals surface area contributed by atoms with Crippen LogP contribution in [0.5, 0.6) is 5.75 Å². The summed E-state index contributed by atoms with van der Waals surface area (Å²) in [6.07, 6.45) is 6.15. The summed E-state index contributed by atoms with van der Waals surface area (Å²) in [7, 11) is 0. The first kappa shape index (κ1) is 14.8. The summed E-state index contributed by atoms with van der Waals surface area (Å²) in [6, 6.07) is 0. The minimum Gasteiger partial charge on any atom is -0.504 e. The highest BCUT2D eigenvalue weighted by Gasteiger charge is 2.56. The summed E-state index contributed by atoms with van der Waals surface area (Å²) in [4.78, 5) is 9.35. The van der Waals surface area contributed by atoms with Crippen molar-refractivity contribution < 1.29 is 10.2 Å². The molecule has 0 saturated carbocycles. The van der Waals surface area contributed by atoms with Gasteiger partial charge in [0.15, 0.2) is 5.75 Å². The molecule has 1 aliphatic carbocycles. The minimum atomic E-state index is -0.451. The van der Waals surface area contributed by atoms with E-state index in [0.717, 1.165) is 45.7 Å². The first-order chi connectivity index (χ1) is 12.1. The lowest BCUT2D eigenvalue weighted by Gasteiger charge is -2.41. The minimum absolute atomic E-state index is 0.204. The summed E-state index contributed by atoms with van der Waals surface area (Å²) >= 11 is 5.44. The smallest absolute Gasteiger partial charge is 0.165 e. The van der Waals surface area contributed by atoms with Crippen LogP contribution in [0.4, 0.5) is 11.4 Å².